The Morgan fingerprint density at radius 3 is 2.11 bits per heavy atom. The fourth-order valence-corrected chi connectivity index (χ4v) is 5.46. The van der Waals surface area contributed by atoms with Crippen LogP contribution in [0.25, 0.3) is 10.9 Å². The third-order valence-electron chi connectivity index (χ3n) is 7.33. The number of likely N-dealkylation sites (tertiary alicyclic amines) is 1. The lowest BCUT2D eigenvalue weighted by atomic mass is 9.97. The zero-order valence-corrected chi connectivity index (χ0v) is 21.3. The number of hydrogen-bond acceptors (Lipinski definition) is 8. The van der Waals surface area contributed by atoms with E-state index >= 15 is 0 Å². The number of ether oxygens (including phenoxy) is 3. The molecule has 0 aliphatic carbocycles. The van der Waals surface area contributed by atoms with Crippen molar-refractivity contribution in [3.05, 3.63) is 42.2 Å². The number of anilines is 2. The van der Waals surface area contributed by atoms with Crippen LogP contribution in [0.15, 0.2) is 36.4 Å². The van der Waals surface area contributed by atoms with Gasteiger partial charge in [-0.3, -0.25) is 0 Å². The molecule has 2 atom stereocenters. The van der Waals surface area contributed by atoms with Crippen molar-refractivity contribution in [2.24, 2.45) is 5.92 Å². The normalized spacial score (nSPS) is 20.9. The van der Waals surface area contributed by atoms with Gasteiger partial charge in [0.15, 0.2) is 11.5 Å². The van der Waals surface area contributed by atoms with E-state index in [1.807, 2.05) is 24.3 Å². The molecule has 0 amide bonds. The van der Waals surface area contributed by atoms with E-state index in [2.05, 4.69) is 40.8 Å². The summed E-state index contributed by atoms with van der Waals surface area (Å²) in [6, 6.07) is 12.2. The maximum absolute atomic E-state index is 5.62. The lowest BCUT2D eigenvalue weighted by molar-refractivity contribution is 0.355. The first-order chi connectivity index (χ1) is 17.0. The second-order valence-corrected chi connectivity index (χ2v) is 9.58. The molecule has 1 unspecified atom stereocenters. The molecule has 0 saturated carbocycles. The van der Waals surface area contributed by atoms with Crippen LogP contribution < -0.4 is 24.0 Å². The summed E-state index contributed by atoms with van der Waals surface area (Å²) in [7, 11) is 7.23. The minimum Gasteiger partial charge on any atom is -0.495 e. The van der Waals surface area contributed by atoms with Crippen molar-refractivity contribution in [3.8, 4) is 17.2 Å². The Morgan fingerprint density at radius 2 is 1.46 bits per heavy atom. The van der Waals surface area contributed by atoms with Crippen LogP contribution in [-0.4, -0.2) is 82.5 Å². The molecule has 3 aromatic rings. The number of fused-ring (bicyclic) bond motifs is 1. The molecule has 35 heavy (non-hydrogen) atoms. The standard InChI is InChI=1S/C27H35N5O3/c1-18-16-30(2)17-20(18)26-28-21-15-25(35-5)24(34-4)14-19(21)27(29-26)32-12-10-31(11-13-32)22-8-6-7-9-23(22)33-3/h6-9,14-15,18,20H,10-13,16-17H2,1-5H3/t18-,20?/m1/s1. The van der Waals surface area contributed by atoms with E-state index in [0.717, 1.165) is 73.3 Å². The monoisotopic (exact) mass is 477 g/mol. The molecule has 8 nitrogen and oxygen atoms in total. The highest BCUT2D eigenvalue weighted by Gasteiger charge is 2.32. The first-order valence-corrected chi connectivity index (χ1v) is 12.3. The summed E-state index contributed by atoms with van der Waals surface area (Å²) in [4.78, 5) is 17.4. The Labute approximate surface area is 207 Å². The second kappa shape index (κ2) is 9.77. The lowest BCUT2D eigenvalue weighted by Crippen LogP contribution is -2.47. The summed E-state index contributed by atoms with van der Waals surface area (Å²) < 4.78 is 16.8. The van der Waals surface area contributed by atoms with Gasteiger partial charge in [0.05, 0.1) is 32.5 Å². The topological polar surface area (TPSA) is 63.2 Å². The largest absolute Gasteiger partial charge is 0.495 e. The lowest BCUT2D eigenvalue weighted by Gasteiger charge is -2.37. The molecule has 0 N–H and O–H groups in total. The minimum atomic E-state index is 0.311. The van der Waals surface area contributed by atoms with E-state index < -0.39 is 0 Å². The van der Waals surface area contributed by atoms with Gasteiger partial charge in [0.2, 0.25) is 0 Å². The predicted octanol–water partition coefficient (Wildman–Crippen LogP) is 3.65. The van der Waals surface area contributed by atoms with Gasteiger partial charge in [-0.2, -0.15) is 0 Å². The molecule has 8 heteroatoms. The van der Waals surface area contributed by atoms with E-state index in [0.29, 0.717) is 23.3 Å². The highest BCUT2D eigenvalue weighted by Crippen LogP contribution is 2.38. The first-order valence-electron chi connectivity index (χ1n) is 12.3. The summed E-state index contributed by atoms with van der Waals surface area (Å²) in [5.41, 5.74) is 2.04. The maximum Gasteiger partial charge on any atom is 0.162 e. The van der Waals surface area contributed by atoms with Gasteiger partial charge in [0, 0.05) is 56.6 Å². The molecular weight excluding hydrogens is 442 g/mol. The summed E-state index contributed by atoms with van der Waals surface area (Å²) in [6.45, 7) is 7.82. The Balaban J connectivity index is 1.52. The van der Waals surface area contributed by atoms with Crippen molar-refractivity contribution >= 4 is 22.4 Å². The molecule has 2 aliphatic heterocycles. The van der Waals surface area contributed by atoms with Crippen LogP contribution >= 0.6 is 0 Å². The summed E-state index contributed by atoms with van der Waals surface area (Å²) in [6.07, 6.45) is 0. The van der Waals surface area contributed by atoms with Crippen molar-refractivity contribution in [1.82, 2.24) is 14.9 Å². The molecule has 1 aromatic heterocycles. The average molecular weight is 478 g/mol. The third kappa shape index (κ3) is 4.43. The maximum atomic E-state index is 5.62. The number of aromatic nitrogens is 2. The van der Waals surface area contributed by atoms with Crippen molar-refractivity contribution in [3.63, 3.8) is 0 Å². The average Bonchev–Trinajstić information content (AvgIpc) is 3.24. The van der Waals surface area contributed by atoms with Crippen LogP contribution in [-0.2, 0) is 0 Å². The number of piperazine rings is 1. The van der Waals surface area contributed by atoms with E-state index in [9.17, 15) is 0 Å². The minimum absolute atomic E-state index is 0.311. The first kappa shape index (κ1) is 23.5. The third-order valence-corrected chi connectivity index (χ3v) is 7.33. The molecule has 2 aliphatic rings. The fourth-order valence-electron chi connectivity index (χ4n) is 5.46. The van der Waals surface area contributed by atoms with E-state index in [1.54, 1.807) is 21.3 Å². The fraction of sp³-hybridized carbons (Fsp3) is 0.481. The van der Waals surface area contributed by atoms with E-state index in [1.165, 1.54) is 0 Å². The number of benzene rings is 2. The number of para-hydroxylation sites is 2. The van der Waals surface area contributed by atoms with Crippen LogP contribution in [0.4, 0.5) is 11.5 Å². The van der Waals surface area contributed by atoms with Crippen molar-refractivity contribution in [2.75, 3.05) is 77.4 Å². The number of nitrogens with zero attached hydrogens (tertiary/aromatic N) is 5. The Bertz CT molecular complexity index is 1190. The molecule has 2 aromatic carbocycles. The van der Waals surface area contributed by atoms with Crippen LogP contribution in [0.3, 0.4) is 0 Å². The second-order valence-electron chi connectivity index (χ2n) is 9.58. The van der Waals surface area contributed by atoms with Crippen LogP contribution in [0.5, 0.6) is 17.2 Å². The quantitative estimate of drug-likeness (QED) is 0.533. The molecule has 0 radical (unpaired) electrons. The van der Waals surface area contributed by atoms with E-state index in [-0.39, 0.29) is 0 Å². The van der Waals surface area contributed by atoms with Gasteiger partial charge >= 0.3 is 0 Å². The molecule has 2 fully saturated rings. The van der Waals surface area contributed by atoms with E-state index in [4.69, 9.17) is 24.2 Å². The van der Waals surface area contributed by atoms with Crippen LogP contribution in [0.1, 0.15) is 18.7 Å². The van der Waals surface area contributed by atoms with Gasteiger partial charge in [-0.25, -0.2) is 9.97 Å². The highest BCUT2D eigenvalue weighted by atomic mass is 16.5. The number of methoxy groups -OCH3 is 3. The van der Waals surface area contributed by atoms with Gasteiger partial charge in [-0.05, 0) is 31.2 Å². The van der Waals surface area contributed by atoms with Gasteiger partial charge in [-0.1, -0.05) is 19.1 Å². The zero-order chi connectivity index (χ0) is 24.5. The number of rotatable bonds is 6. The summed E-state index contributed by atoms with van der Waals surface area (Å²) >= 11 is 0. The number of hydrogen-bond donors (Lipinski definition) is 0. The van der Waals surface area contributed by atoms with Gasteiger partial charge in [-0.15, -0.1) is 0 Å². The van der Waals surface area contributed by atoms with Crippen LogP contribution in [0.2, 0.25) is 0 Å². The molecule has 186 valence electrons. The Morgan fingerprint density at radius 1 is 0.800 bits per heavy atom. The van der Waals surface area contributed by atoms with Crippen molar-refractivity contribution in [1.29, 1.82) is 0 Å². The SMILES string of the molecule is COc1cc2nc(C3CN(C)C[C@H]3C)nc(N3CCN(c4ccccc4OC)CC3)c2cc1OC. The van der Waals surface area contributed by atoms with Gasteiger partial charge in [0.1, 0.15) is 17.4 Å². The molecule has 0 spiro atoms. The Hall–Kier alpha value is -3.26. The summed E-state index contributed by atoms with van der Waals surface area (Å²) in [5, 5.41) is 0.996. The van der Waals surface area contributed by atoms with Crippen molar-refractivity contribution in [2.45, 2.75) is 12.8 Å². The summed E-state index contributed by atoms with van der Waals surface area (Å²) in [5.74, 6) is 5.01. The Kier molecular flexibility index (Phi) is 6.56. The smallest absolute Gasteiger partial charge is 0.162 e. The van der Waals surface area contributed by atoms with Gasteiger partial charge < -0.3 is 28.9 Å². The molecule has 5 rings (SSSR count). The molecule has 3 heterocycles. The predicted molar refractivity (Wildman–Crippen MR) is 139 cm³/mol. The highest BCUT2D eigenvalue weighted by molar-refractivity contribution is 5.92. The van der Waals surface area contributed by atoms with Gasteiger partial charge in [0.25, 0.3) is 0 Å². The van der Waals surface area contributed by atoms with Crippen molar-refractivity contribution < 1.29 is 14.2 Å². The molecule has 2 saturated heterocycles. The zero-order valence-electron chi connectivity index (χ0n) is 21.3. The number of likely N-dealkylation sites (N-methyl/N-ethyl adjacent to an activating group) is 1. The van der Waals surface area contributed by atoms with Crippen LogP contribution in [0, 0.1) is 5.92 Å². The molecular formula is C27H35N5O3. The molecule has 0 bridgehead atoms.